The minimum absolute atomic E-state index is 0.0824. The molecule has 0 aliphatic rings. The van der Waals surface area contributed by atoms with Crippen molar-refractivity contribution in [1.29, 1.82) is 0 Å². The van der Waals surface area contributed by atoms with E-state index in [0.29, 0.717) is 5.69 Å². The zero-order valence-corrected chi connectivity index (χ0v) is 9.61. The van der Waals surface area contributed by atoms with Crippen molar-refractivity contribution >= 4 is 33.5 Å². The normalized spacial score (nSPS) is 11.9. The zero-order chi connectivity index (χ0) is 11.4. The summed E-state index contributed by atoms with van der Waals surface area (Å²) < 4.78 is 0. The standard InChI is InChI=1S/C10H10BrNO3/c1-6(11)9(13)12-8-5-3-2-4-7(8)10(14)15/h2-6H,1H3,(H,12,13)(H,14,15). The molecule has 15 heavy (non-hydrogen) atoms. The summed E-state index contributed by atoms with van der Waals surface area (Å²) in [5.74, 6) is -1.34. The fourth-order valence-electron chi connectivity index (χ4n) is 1.01. The van der Waals surface area contributed by atoms with Crippen LogP contribution >= 0.6 is 15.9 Å². The minimum Gasteiger partial charge on any atom is -0.478 e. The number of carboxylic acids is 1. The monoisotopic (exact) mass is 271 g/mol. The molecular weight excluding hydrogens is 262 g/mol. The Hall–Kier alpha value is -1.36. The Morgan fingerprint density at radius 1 is 1.40 bits per heavy atom. The Morgan fingerprint density at radius 2 is 2.00 bits per heavy atom. The predicted octanol–water partition coefficient (Wildman–Crippen LogP) is 2.11. The first-order chi connectivity index (χ1) is 7.02. The van der Waals surface area contributed by atoms with Crippen LogP contribution in [0.2, 0.25) is 0 Å². The molecule has 1 aromatic rings. The highest BCUT2D eigenvalue weighted by atomic mass is 79.9. The van der Waals surface area contributed by atoms with E-state index in [1.165, 1.54) is 6.07 Å². The second-order valence-corrected chi connectivity index (χ2v) is 4.33. The summed E-state index contributed by atoms with van der Waals surface area (Å²) in [6, 6.07) is 6.27. The second-order valence-electron chi connectivity index (χ2n) is 2.96. The number of carbonyl (C=O) groups excluding carboxylic acids is 1. The number of para-hydroxylation sites is 1. The number of aromatic carboxylic acids is 1. The van der Waals surface area contributed by atoms with Crippen molar-refractivity contribution < 1.29 is 14.7 Å². The molecule has 0 saturated carbocycles. The Labute approximate surface area is 95.4 Å². The van der Waals surface area contributed by atoms with Gasteiger partial charge in [-0.1, -0.05) is 28.1 Å². The number of benzene rings is 1. The number of carbonyl (C=O) groups is 2. The van der Waals surface area contributed by atoms with Crippen molar-refractivity contribution in [2.75, 3.05) is 5.32 Å². The average molecular weight is 272 g/mol. The average Bonchev–Trinajstić information content (AvgIpc) is 2.18. The minimum atomic E-state index is -1.06. The van der Waals surface area contributed by atoms with Crippen LogP contribution in [0.5, 0.6) is 0 Å². The van der Waals surface area contributed by atoms with Crippen LogP contribution in [-0.2, 0) is 4.79 Å². The summed E-state index contributed by atoms with van der Waals surface area (Å²) in [5.41, 5.74) is 0.389. The van der Waals surface area contributed by atoms with Crippen molar-refractivity contribution in [3.05, 3.63) is 29.8 Å². The lowest BCUT2D eigenvalue weighted by Gasteiger charge is -2.08. The second kappa shape index (κ2) is 4.93. The molecule has 1 unspecified atom stereocenters. The summed E-state index contributed by atoms with van der Waals surface area (Å²) >= 11 is 3.10. The summed E-state index contributed by atoms with van der Waals surface area (Å²) in [4.78, 5) is 21.8. The maximum atomic E-state index is 11.3. The van der Waals surface area contributed by atoms with Gasteiger partial charge >= 0.3 is 5.97 Å². The molecule has 0 spiro atoms. The number of anilines is 1. The Morgan fingerprint density at radius 3 is 2.53 bits per heavy atom. The maximum Gasteiger partial charge on any atom is 0.337 e. The van der Waals surface area contributed by atoms with Crippen molar-refractivity contribution in [3.63, 3.8) is 0 Å². The lowest BCUT2D eigenvalue weighted by molar-refractivity contribution is -0.115. The fourth-order valence-corrected chi connectivity index (χ4v) is 1.13. The van der Waals surface area contributed by atoms with Gasteiger partial charge in [0.05, 0.1) is 16.1 Å². The first-order valence-electron chi connectivity index (χ1n) is 4.29. The van der Waals surface area contributed by atoms with Gasteiger partial charge < -0.3 is 10.4 Å². The van der Waals surface area contributed by atoms with E-state index in [4.69, 9.17) is 5.11 Å². The molecule has 0 aliphatic heterocycles. The molecule has 1 rings (SSSR count). The van der Waals surface area contributed by atoms with Gasteiger partial charge in [-0.05, 0) is 19.1 Å². The van der Waals surface area contributed by atoms with Crippen LogP contribution in [0.4, 0.5) is 5.69 Å². The first kappa shape index (κ1) is 11.7. The Kier molecular flexibility index (Phi) is 3.85. The predicted molar refractivity (Wildman–Crippen MR) is 60.4 cm³/mol. The van der Waals surface area contributed by atoms with Crippen LogP contribution in [0, 0.1) is 0 Å². The van der Waals surface area contributed by atoms with E-state index in [9.17, 15) is 9.59 Å². The van der Waals surface area contributed by atoms with Gasteiger partial charge in [-0.15, -0.1) is 0 Å². The smallest absolute Gasteiger partial charge is 0.337 e. The quantitative estimate of drug-likeness (QED) is 0.828. The van der Waals surface area contributed by atoms with Gasteiger partial charge in [0, 0.05) is 0 Å². The highest BCUT2D eigenvalue weighted by Crippen LogP contribution is 2.15. The lowest BCUT2D eigenvalue weighted by Crippen LogP contribution is -2.21. The molecule has 0 aromatic heterocycles. The molecule has 0 heterocycles. The summed E-state index contributed by atoms with van der Waals surface area (Å²) in [7, 11) is 0. The summed E-state index contributed by atoms with van der Waals surface area (Å²) in [6.45, 7) is 1.67. The molecule has 5 heteroatoms. The van der Waals surface area contributed by atoms with Gasteiger partial charge in [-0.2, -0.15) is 0 Å². The zero-order valence-electron chi connectivity index (χ0n) is 8.03. The molecule has 4 nitrogen and oxygen atoms in total. The Balaban J connectivity index is 2.94. The number of hydrogen-bond acceptors (Lipinski definition) is 2. The van der Waals surface area contributed by atoms with E-state index >= 15 is 0 Å². The molecule has 0 bridgehead atoms. The fraction of sp³-hybridized carbons (Fsp3) is 0.200. The van der Waals surface area contributed by atoms with Gasteiger partial charge in [-0.3, -0.25) is 4.79 Å². The van der Waals surface area contributed by atoms with Gasteiger partial charge in [-0.25, -0.2) is 4.79 Å². The van der Waals surface area contributed by atoms with E-state index in [0.717, 1.165) is 0 Å². The van der Waals surface area contributed by atoms with E-state index in [1.807, 2.05) is 0 Å². The first-order valence-corrected chi connectivity index (χ1v) is 5.21. The third kappa shape index (κ3) is 3.06. The third-order valence-corrected chi connectivity index (χ3v) is 2.19. The van der Waals surface area contributed by atoms with Crippen LogP contribution in [-0.4, -0.2) is 21.8 Å². The third-order valence-electron chi connectivity index (χ3n) is 1.78. The van der Waals surface area contributed by atoms with Gasteiger partial charge in [0.1, 0.15) is 0 Å². The molecule has 1 amide bonds. The molecule has 0 fully saturated rings. The number of hydrogen-bond donors (Lipinski definition) is 2. The van der Waals surface area contributed by atoms with Gasteiger partial charge in [0.15, 0.2) is 0 Å². The van der Waals surface area contributed by atoms with E-state index in [-0.39, 0.29) is 16.3 Å². The van der Waals surface area contributed by atoms with Gasteiger partial charge in [0.2, 0.25) is 5.91 Å². The number of amides is 1. The number of rotatable bonds is 3. The highest BCUT2D eigenvalue weighted by molar-refractivity contribution is 9.10. The van der Waals surface area contributed by atoms with Crippen LogP contribution in [0.1, 0.15) is 17.3 Å². The number of alkyl halides is 1. The van der Waals surface area contributed by atoms with Crippen molar-refractivity contribution in [2.45, 2.75) is 11.8 Å². The van der Waals surface area contributed by atoms with Crippen LogP contribution in [0.15, 0.2) is 24.3 Å². The molecular formula is C10H10BrNO3. The largest absolute Gasteiger partial charge is 0.478 e. The summed E-state index contributed by atoms with van der Waals surface area (Å²) in [6.07, 6.45) is 0. The van der Waals surface area contributed by atoms with Crippen LogP contribution in [0.25, 0.3) is 0 Å². The molecule has 0 radical (unpaired) electrons. The van der Waals surface area contributed by atoms with Crippen LogP contribution in [0.3, 0.4) is 0 Å². The molecule has 0 saturated heterocycles. The van der Waals surface area contributed by atoms with Crippen molar-refractivity contribution in [1.82, 2.24) is 0 Å². The van der Waals surface area contributed by atoms with E-state index in [1.54, 1.807) is 25.1 Å². The SMILES string of the molecule is CC(Br)C(=O)Nc1ccccc1C(=O)O. The summed E-state index contributed by atoms with van der Waals surface area (Å²) in [5, 5.41) is 11.4. The number of nitrogens with one attached hydrogen (secondary N) is 1. The van der Waals surface area contributed by atoms with Crippen molar-refractivity contribution in [3.8, 4) is 0 Å². The lowest BCUT2D eigenvalue weighted by atomic mass is 10.2. The van der Waals surface area contributed by atoms with Gasteiger partial charge in [0.25, 0.3) is 0 Å². The number of carboxylic acid groups (broad SMARTS) is 1. The molecule has 1 aromatic carbocycles. The van der Waals surface area contributed by atoms with Crippen LogP contribution < -0.4 is 5.32 Å². The topological polar surface area (TPSA) is 66.4 Å². The number of halogens is 1. The Bertz CT molecular complexity index is 390. The molecule has 0 aliphatic carbocycles. The van der Waals surface area contributed by atoms with E-state index < -0.39 is 5.97 Å². The highest BCUT2D eigenvalue weighted by Gasteiger charge is 2.13. The molecule has 2 N–H and O–H groups in total. The van der Waals surface area contributed by atoms with Crippen molar-refractivity contribution in [2.24, 2.45) is 0 Å². The molecule has 80 valence electrons. The molecule has 1 atom stereocenters. The maximum absolute atomic E-state index is 11.3. The van der Waals surface area contributed by atoms with E-state index in [2.05, 4.69) is 21.2 Å².